The first kappa shape index (κ1) is 32.2. The number of para-hydroxylation sites is 2. The van der Waals surface area contributed by atoms with Crippen molar-refractivity contribution in [2.24, 2.45) is 0 Å². The van der Waals surface area contributed by atoms with E-state index in [4.69, 9.17) is 4.98 Å². The molecule has 0 aliphatic carbocycles. The summed E-state index contributed by atoms with van der Waals surface area (Å²) in [5.41, 5.74) is 11.9. The number of aromatic nitrogens is 3. The normalized spacial score (nSPS) is 11.3. The van der Waals surface area contributed by atoms with Crippen LogP contribution in [0, 0.1) is 6.07 Å². The zero-order valence-electron chi connectivity index (χ0n) is 26.9. The minimum atomic E-state index is 0. The van der Waals surface area contributed by atoms with E-state index in [1.165, 1.54) is 11.1 Å². The molecular weight excluding hydrogens is 758 g/mol. The second kappa shape index (κ2) is 13.5. The quantitative estimate of drug-likeness (QED) is 0.164. The Labute approximate surface area is 291 Å². The fraction of sp³-hybridized carbons (Fsp3) is 0.143. The van der Waals surface area contributed by atoms with Gasteiger partial charge in [0.15, 0.2) is 0 Å². The molecule has 0 spiro atoms. The zero-order chi connectivity index (χ0) is 31.8. The van der Waals surface area contributed by atoms with E-state index in [2.05, 4.69) is 104 Å². The summed E-state index contributed by atoms with van der Waals surface area (Å²) in [5, 5.41) is 11.5. The third-order valence-electron chi connectivity index (χ3n) is 8.62. The van der Waals surface area contributed by atoms with Crippen molar-refractivity contribution in [2.75, 3.05) is 0 Å². The van der Waals surface area contributed by atoms with E-state index in [-0.39, 0.29) is 38.7 Å². The Morgan fingerprint density at radius 1 is 0.638 bits per heavy atom. The van der Waals surface area contributed by atoms with Crippen molar-refractivity contribution >= 4 is 11.0 Å². The number of fused-ring (bicyclic) bond motifs is 1. The van der Waals surface area contributed by atoms with Gasteiger partial charge in [0.25, 0.3) is 0 Å². The molecule has 7 aromatic rings. The van der Waals surface area contributed by atoms with Crippen LogP contribution >= 0.6 is 0 Å². The van der Waals surface area contributed by atoms with Crippen LogP contribution in [0.3, 0.4) is 0 Å². The largest absolute Gasteiger partial charge is 0.507 e. The monoisotopic (exact) mass is 793 g/mol. The van der Waals surface area contributed by atoms with Gasteiger partial charge in [0, 0.05) is 33.0 Å². The van der Waals surface area contributed by atoms with Crippen molar-refractivity contribution in [3.8, 4) is 56.3 Å². The van der Waals surface area contributed by atoms with Crippen LogP contribution in [0.15, 0.2) is 128 Å². The smallest absolute Gasteiger partial charge is 0.148 e. The molecular formula is C42H36N3OPt-. The molecule has 4 nitrogen and oxygen atoms in total. The predicted molar refractivity (Wildman–Crippen MR) is 189 cm³/mol. The van der Waals surface area contributed by atoms with E-state index in [0.29, 0.717) is 11.4 Å². The Hall–Kier alpha value is -4.79. The van der Waals surface area contributed by atoms with E-state index in [1.807, 2.05) is 54.6 Å². The summed E-state index contributed by atoms with van der Waals surface area (Å²) >= 11 is 0. The molecule has 0 unspecified atom stereocenters. The predicted octanol–water partition coefficient (Wildman–Crippen LogP) is 10.8. The molecule has 47 heavy (non-hydrogen) atoms. The Morgan fingerprint density at radius 2 is 1.32 bits per heavy atom. The molecule has 0 saturated heterocycles. The second-order valence-electron chi connectivity index (χ2n) is 12.3. The van der Waals surface area contributed by atoms with Gasteiger partial charge < -0.3 is 5.11 Å². The number of hydrogen-bond acceptors (Lipinski definition) is 3. The van der Waals surface area contributed by atoms with Crippen LogP contribution in [-0.2, 0) is 21.1 Å². The number of phenols is 1. The third-order valence-corrected chi connectivity index (χ3v) is 8.62. The van der Waals surface area contributed by atoms with Gasteiger partial charge >= 0.3 is 0 Å². The van der Waals surface area contributed by atoms with Crippen LogP contribution in [0.2, 0.25) is 0 Å². The Morgan fingerprint density at radius 3 is 2.02 bits per heavy atom. The summed E-state index contributed by atoms with van der Waals surface area (Å²) in [4.78, 5) is 9.96. The fourth-order valence-corrected chi connectivity index (χ4v) is 6.32. The number of imidazole rings is 1. The average Bonchev–Trinajstić information content (AvgIpc) is 3.48. The molecule has 2 aromatic heterocycles. The number of hydrogen-bond donors (Lipinski definition) is 1. The summed E-state index contributed by atoms with van der Waals surface area (Å²) in [6.07, 6.45) is 1.80. The van der Waals surface area contributed by atoms with Crippen molar-refractivity contribution in [1.82, 2.24) is 14.5 Å². The van der Waals surface area contributed by atoms with E-state index in [0.717, 1.165) is 50.2 Å². The van der Waals surface area contributed by atoms with E-state index < -0.39 is 0 Å². The third kappa shape index (κ3) is 6.06. The topological polar surface area (TPSA) is 50.9 Å². The summed E-state index contributed by atoms with van der Waals surface area (Å²) < 4.78 is 2.27. The van der Waals surface area contributed by atoms with E-state index >= 15 is 0 Å². The molecule has 0 aliphatic heterocycles. The van der Waals surface area contributed by atoms with Crippen LogP contribution in [0.25, 0.3) is 61.6 Å². The molecule has 0 radical (unpaired) electrons. The number of rotatable bonds is 7. The minimum Gasteiger partial charge on any atom is -0.507 e. The fourth-order valence-electron chi connectivity index (χ4n) is 6.32. The maximum Gasteiger partial charge on any atom is 0.148 e. The van der Waals surface area contributed by atoms with Crippen molar-refractivity contribution < 1.29 is 26.2 Å². The first-order valence-corrected chi connectivity index (χ1v) is 15.9. The summed E-state index contributed by atoms with van der Waals surface area (Å²) in [5.74, 6) is 1.44. The van der Waals surface area contributed by atoms with Crippen LogP contribution < -0.4 is 0 Å². The number of benzene rings is 5. The molecule has 0 saturated carbocycles. The standard InChI is InChI=1S/C42H36N3O.Pt/c1-27(2)33-17-11-18-34(28(3)4)41(33)45-38-21-12-19-35(31-15-10-16-32(25-31)37-20-8-9-24-43-37)40(38)44-42(45)36-26-30(22-23-39(36)46)29-13-6-5-7-14-29;/h5-24,26-28,46H,1-4H3;/q-1;. The number of aromatic hydroxyl groups is 1. The van der Waals surface area contributed by atoms with Gasteiger partial charge in [0.1, 0.15) is 11.6 Å². The van der Waals surface area contributed by atoms with E-state index in [1.54, 1.807) is 12.3 Å². The molecule has 5 aromatic carbocycles. The molecule has 1 N–H and O–H groups in total. The number of pyridine rings is 1. The van der Waals surface area contributed by atoms with Crippen molar-refractivity contribution in [3.63, 3.8) is 0 Å². The van der Waals surface area contributed by atoms with Gasteiger partial charge in [-0.05, 0) is 58.4 Å². The summed E-state index contributed by atoms with van der Waals surface area (Å²) in [6, 6.07) is 44.7. The van der Waals surface area contributed by atoms with Crippen LogP contribution in [0.4, 0.5) is 0 Å². The van der Waals surface area contributed by atoms with Gasteiger partial charge in [0.05, 0.1) is 22.3 Å². The molecule has 0 aliphatic rings. The average molecular weight is 794 g/mol. The van der Waals surface area contributed by atoms with Gasteiger partial charge in [-0.15, -0.1) is 29.8 Å². The summed E-state index contributed by atoms with van der Waals surface area (Å²) in [6.45, 7) is 8.94. The molecule has 7 rings (SSSR count). The number of nitrogens with zero attached hydrogens (tertiary/aromatic N) is 3. The van der Waals surface area contributed by atoms with Gasteiger partial charge in [0.2, 0.25) is 0 Å². The van der Waals surface area contributed by atoms with Gasteiger partial charge in [-0.1, -0.05) is 118 Å². The van der Waals surface area contributed by atoms with Crippen LogP contribution in [-0.4, -0.2) is 19.6 Å². The molecule has 0 bridgehead atoms. The van der Waals surface area contributed by atoms with E-state index in [9.17, 15) is 5.11 Å². The molecule has 0 fully saturated rings. The van der Waals surface area contributed by atoms with Crippen molar-refractivity contribution in [2.45, 2.75) is 39.5 Å². The number of phenolic OH excluding ortho intramolecular Hbond substituents is 1. The SMILES string of the molecule is CC(C)c1cccc(C(C)C)c1-n1c(-c2cc(-c3ccccc3)ccc2O)nc2c(-c3[c-]c(-c4ccccn4)ccc3)cccc21.[Pt]. The van der Waals surface area contributed by atoms with Gasteiger partial charge in [-0.25, -0.2) is 4.98 Å². The molecule has 236 valence electrons. The molecule has 0 atom stereocenters. The second-order valence-corrected chi connectivity index (χ2v) is 12.3. The minimum absolute atomic E-state index is 0. The Balaban J connectivity index is 0.00000386. The van der Waals surface area contributed by atoms with Crippen LogP contribution in [0.5, 0.6) is 5.75 Å². The Bertz CT molecular complexity index is 2140. The van der Waals surface area contributed by atoms with Gasteiger partial charge in [-0.3, -0.25) is 9.55 Å². The summed E-state index contributed by atoms with van der Waals surface area (Å²) in [7, 11) is 0. The maximum absolute atomic E-state index is 11.5. The first-order chi connectivity index (χ1) is 22.4. The molecule has 2 heterocycles. The Kier molecular flexibility index (Phi) is 9.25. The molecule has 0 amide bonds. The van der Waals surface area contributed by atoms with Crippen molar-refractivity contribution in [1.29, 1.82) is 0 Å². The van der Waals surface area contributed by atoms with Crippen molar-refractivity contribution in [3.05, 3.63) is 145 Å². The molecule has 5 heteroatoms. The maximum atomic E-state index is 11.5. The zero-order valence-corrected chi connectivity index (χ0v) is 29.2. The van der Waals surface area contributed by atoms with Crippen LogP contribution in [0.1, 0.15) is 50.7 Å². The first-order valence-electron chi connectivity index (χ1n) is 15.9. The van der Waals surface area contributed by atoms with Gasteiger partial charge in [-0.2, -0.15) is 0 Å².